The van der Waals surface area contributed by atoms with Crippen molar-refractivity contribution in [3.05, 3.63) is 29.8 Å². The molecule has 3 rings (SSSR count). The third-order valence-corrected chi connectivity index (χ3v) is 4.02. The standard InChI is InChI=1S/C15H19N3O2.ClH/c16-15(7-8-15)14(20)17-10-11-3-5-12(6-4-11)18-9-1-2-13(18)19;/h3-6H,1-2,7-10,16H2,(H,17,20);1H. The molecule has 1 aromatic carbocycles. The maximum absolute atomic E-state index is 11.7. The van der Waals surface area contributed by atoms with E-state index in [4.69, 9.17) is 5.73 Å². The number of nitrogens with one attached hydrogen (secondary N) is 1. The number of nitrogens with two attached hydrogens (primary N) is 1. The Morgan fingerprint density at radius 2 is 1.95 bits per heavy atom. The Morgan fingerprint density at radius 3 is 2.48 bits per heavy atom. The lowest BCUT2D eigenvalue weighted by molar-refractivity contribution is -0.123. The van der Waals surface area contributed by atoms with Gasteiger partial charge in [0, 0.05) is 25.2 Å². The summed E-state index contributed by atoms with van der Waals surface area (Å²) in [7, 11) is 0. The van der Waals surface area contributed by atoms with Gasteiger partial charge in [-0.15, -0.1) is 12.4 Å². The van der Waals surface area contributed by atoms with Crippen molar-refractivity contribution >= 4 is 29.9 Å². The minimum atomic E-state index is -0.623. The second kappa shape index (κ2) is 6.03. The zero-order valence-electron chi connectivity index (χ0n) is 11.8. The lowest BCUT2D eigenvalue weighted by Crippen LogP contribution is -2.42. The molecule has 1 heterocycles. The van der Waals surface area contributed by atoms with E-state index < -0.39 is 5.54 Å². The number of nitrogens with zero attached hydrogens (tertiary/aromatic N) is 1. The van der Waals surface area contributed by atoms with Gasteiger partial charge < -0.3 is 16.0 Å². The molecular formula is C15H20ClN3O2. The Bertz CT molecular complexity index is 540. The molecule has 2 fully saturated rings. The fourth-order valence-corrected chi connectivity index (χ4v) is 2.43. The number of halogens is 1. The molecule has 5 nitrogen and oxygen atoms in total. The molecule has 1 saturated carbocycles. The van der Waals surface area contributed by atoms with Crippen molar-refractivity contribution in [1.29, 1.82) is 0 Å². The Morgan fingerprint density at radius 1 is 1.29 bits per heavy atom. The van der Waals surface area contributed by atoms with Gasteiger partial charge in [-0.25, -0.2) is 0 Å². The van der Waals surface area contributed by atoms with Crippen LogP contribution in [0.5, 0.6) is 0 Å². The van der Waals surface area contributed by atoms with Crippen LogP contribution in [0.3, 0.4) is 0 Å². The highest BCUT2D eigenvalue weighted by Gasteiger charge is 2.45. The molecule has 1 saturated heterocycles. The molecule has 0 radical (unpaired) electrons. The van der Waals surface area contributed by atoms with Gasteiger partial charge in [-0.1, -0.05) is 12.1 Å². The quantitative estimate of drug-likeness (QED) is 0.881. The predicted octanol–water partition coefficient (Wildman–Crippen LogP) is 1.34. The molecule has 0 unspecified atom stereocenters. The van der Waals surface area contributed by atoms with Crippen LogP contribution in [0.2, 0.25) is 0 Å². The Kier molecular flexibility index (Phi) is 4.54. The first kappa shape index (κ1) is 15.8. The highest BCUT2D eigenvalue weighted by molar-refractivity contribution is 5.95. The van der Waals surface area contributed by atoms with E-state index >= 15 is 0 Å². The van der Waals surface area contributed by atoms with Crippen LogP contribution < -0.4 is 16.0 Å². The highest BCUT2D eigenvalue weighted by atomic mass is 35.5. The van der Waals surface area contributed by atoms with Gasteiger partial charge in [0.05, 0.1) is 5.54 Å². The van der Waals surface area contributed by atoms with Crippen LogP contribution in [0, 0.1) is 0 Å². The number of benzene rings is 1. The monoisotopic (exact) mass is 309 g/mol. The Hall–Kier alpha value is -1.59. The zero-order chi connectivity index (χ0) is 14.2. The smallest absolute Gasteiger partial charge is 0.240 e. The molecule has 0 atom stereocenters. The van der Waals surface area contributed by atoms with Crippen molar-refractivity contribution in [3.8, 4) is 0 Å². The van der Waals surface area contributed by atoms with E-state index in [9.17, 15) is 9.59 Å². The summed E-state index contributed by atoms with van der Waals surface area (Å²) >= 11 is 0. The van der Waals surface area contributed by atoms with E-state index in [0.717, 1.165) is 37.1 Å². The molecule has 0 bridgehead atoms. The first-order valence-electron chi connectivity index (χ1n) is 7.05. The van der Waals surface area contributed by atoms with Crippen molar-refractivity contribution in [2.45, 2.75) is 37.8 Å². The highest BCUT2D eigenvalue weighted by Crippen LogP contribution is 2.32. The summed E-state index contributed by atoms with van der Waals surface area (Å²) in [6, 6.07) is 7.74. The summed E-state index contributed by atoms with van der Waals surface area (Å²) in [4.78, 5) is 25.2. The van der Waals surface area contributed by atoms with Gasteiger partial charge in [-0.2, -0.15) is 0 Å². The summed E-state index contributed by atoms with van der Waals surface area (Å²) in [6.07, 6.45) is 3.11. The van der Waals surface area contributed by atoms with Gasteiger partial charge in [0.2, 0.25) is 11.8 Å². The minimum Gasteiger partial charge on any atom is -0.350 e. The molecule has 1 aromatic rings. The molecular weight excluding hydrogens is 290 g/mol. The molecule has 1 aliphatic carbocycles. The summed E-state index contributed by atoms with van der Waals surface area (Å²) in [5, 5.41) is 2.85. The fourth-order valence-electron chi connectivity index (χ4n) is 2.43. The van der Waals surface area contributed by atoms with Crippen LogP contribution in [-0.4, -0.2) is 23.9 Å². The molecule has 3 N–H and O–H groups in total. The maximum atomic E-state index is 11.7. The fraction of sp³-hybridized carbons (Fsp3) is 0.467. The van der Waals surface area contributed by atoms with Crippen molar-refractivity contribution in [3.63, 3.8) is 0 Å². The third-order valence-electron chi connectivity index (χ3n) is 4.02. The van der Waals surface area contributed by atoms with Crippen LogP contribution in [0.25, 0.3) is 0 Å². The van der Waals surface area contributed by atoms with Crippen LogP contribution in [0.4, 0.5) is 5.69 Å². The normalized spacial score (nSPS) is 19.1. The van der Waals surface area contributed by atoms with E-state index in [1.165, 1.54) is 0 Å². The van der Waals surface area contributed by atoms with Crippen molar-refractivity contribution in [1.82, 2.24) is 5.32 Å². The number of carbonyl (C=O) groups excluding carboxylic acids is 2. The van der Waals surface area contributed by atoms with Gasteiger partial charge in [0.25, 0.3) is 0 Å². The van der Waals surface area contributed by atoms with E-state index in [1.807, 2.05) is 24.3 Å². The zero-order valence-corrected chi connectivity index (χ0v) is 12.6. The molecule has 1 aliphatic heterocycles. The first-order valence-corrected chi connectivity index (χ1v) is 7.05. The molecule has 6 heteroatoms. The van der Waals surface area contributed by atoms with E-state index in [0.29, 0.717) is 13.0 Å². The molecule has 0 aromatic heterocycles. The lowest BCUT2D eigenvalue weighted by atomic mass is 10.2. The number of amides is 2. The number of anilines is 1. The third kappa shape index (κ3) is 3.36. The second-order valence-corrected chi connectivity index (χ2v) is 5.65. The number of carbonyl (C=O) groups is 2. The van der Waals surface area contributed by atoms with Crippen LogP contribution in [0.1, 0.15) is 31.2 Å². The topological polar surface area (TPSA) is 75.4 Å². The average molecular weight is 310 g/mol. The SMILES string of the molecule is Cl.NC1(C(=O)NCc2ccc(N3CCCC3=O)cc2)CC1. The molecule has 21 heavy (non-hydrogen) atoms. The van der Waals surface area contributed by atoms with E-state index in [-0.39, 0.29) is 24.2 Å². The summed E-state index contributed by atoms with van der Waals surface area (Å²) in [6.45, 7) is 1.27. The Balaban J connectivity index is 0.00000161. The lowest BCUT2D eigenvalue weighted by Gasteiger charge is -2.16. The van der Waals surface area contributed by atoms with Crippen LogP contribution in [0.15, 0.2) is 24.3 Å². The predicted molar refractivity (Wildman–Crippen MR) is 83.3 cm³/mol. The van der Waals surface area contributed by atoms with Crippen molar-refractivity contribution < 1.29 is 9.59 Å². The van der Waals surface area contributed by atoms with Crippen molar-refractivity contribution in [2.75, 3.05) is 11.4 Å². The largest absolute Gasteiger partial charge is 0.350 e. The van der Waals surface area contributed by atoms with Gasteiger partial charge in [-0.05, 0) is 37.0 Å². The summed E-state index contributed by atoms with van der Waals surface area (Å²) in [5.41, 5.74) is 7.14. The van der Waals surface area contributed by atoms with Crippen molar-refractivity contribution in [2.24, 2.45) is 5.73 Å². The number of hydrogen-bond donors (Lipinski definition) is 2. The van der Waals surface area contributed by atoms with Crippen LogP contribution >= 0.6 is 12.4 Å². The molecule has 0 spiro atoms. The molecule has 2 amide bonds. The average Bonchev–Trinajstić information content (AvgIpc) is 3.07. The van der Waals surface area contributed by atoms with Gasteiger partial charge in [0.1, 0.15) is 0 Å². The Labute approximate surface area is 130 Å². The van der Waals surface area contributed by atoms with E-state index in [2.05, 4.69) is 5.32 Å². The van der Waals surface area contributed by atoms with Gasteiger partial charge in [0.15, 0.2) is 0 Å². The summed E-state index contributed by atoms with van der Waals surface area (Å²) in [5.74, 6) is 0.112. The van der Waals surface area contributed by atoms with Gasteiger partial charge >= 0.3 is 0 Å². The summed E-state index contributed by atoms with van der Waals surface area (Å²) < 4.78 is 0. The van der Waals surface area contributed by atoms with Crippen LogP contribution in [-0.2, 0) is 16.1 Å². The number of rotatable bonds is 4. The number of hydrogen-bond acceptors (Lipinski definition) is 3. The second-order valence-electron chi connectivity index (χ2n) is 5.65. The van der Waals surface area contributed by atoms with E-state index in [1.54, 1.807) is 4.90 Å². The maximum Gasteiger partial charge on any atom is 0.240 e. The molecule has 114 valence electrons. The minimum absolute atomic E-state index is 0. The van der Waals surface area contributed by atoms with Gasteiger partial charge in [-0.3, -0.25) is 9.59 Å². The first-order chi connectivity index (χ1) is 9.58. The molecule has 2 aliphatic rings.